The zero-order valence-corrected chi connectivity index (χ0v) is 12.7. The largest absolute Gasteiger partial charge is 0.478 e. The molecule has 0 aromatic heterocycles. The predicted molar refractivity (Wildman–Crippen MR) is 80.5 cm³/mol. The first kappa shape index (κ1) is 15.5. The number of carboxylic acid groups (broad SMARTS) is 1. The van der Waals surface area contributed by atoms with E-state index in [1.165, 1.54) is 12.1 Å². The molecule has 7 heteroatoms. The summed E-state index contributed by atoms with van der Waals surface area (Å²) in [7, 11) is 0. The molecule has 0 fully saturated rings. The molecule has 0 unspecified atom stereocenters. The molecule has 0 spiro atoms. The molecule has 0 atom stereocenters. The highest BCUT2D eigenvalue weighted by molar-refractivity contribution is 9.10. The minimum atomic E-state index is -1.37. The lowest BCUT2D eigenvalue weighted by Crippen LogP contribution is -2.13. The molecule has 0 aliphatic heterocycles. The van der Waals surface area contributed by atoms with E-state index in [1.807, 2.05) is 0 Å². The van der Waals surface area contributed by atoms with Gasteiger partial charge in [0.15, 0.2) is 0 Å². The van der Waals surface area contributed by atoms with Crippen molar-refractivity contribution in [3.8, 4) is 0 Å². The highest BCUT2D eigenvalue weighted by Gasteiger charge is 2.14. The Morgan fingerprint density at radius 1 is 1.14 bits per heavy atom. The maximum absolute atomic E-state index is 13.5. The van der Waals surface area contributed by atoms with Gasteiger partial charge in [0.2, 0.25) is 0 Å². The Balaban J connectivity index is 2.26. The van der Waals surface area contributed by atoms with Crippen molar-refractivity contribution in [3.05, 3.63) is 62.8 Å². The lowest BCUT2D eigenvalue weighted by atomic mass is 10.1. The lowest BCUT2D eigenvalue weighted by molar-refractivity contribution is 0.0692. The number of amides is 1. The van der Waals surface area contributed by atoms with E-state index >= 15 is 0 Å². The van der Waals surface area contributed by atoms with E-state index in [-0.39, 0.29) is 11.3 Å². The number of nitrogens with one attached hydrogen (secondary N) is 1. The molecule has 0 bridgehead atoms. The molecule has 0 radical (unpaired) electrons. The van der Waals surface area contributed by atoms with E-state index < -0.39 is 23.3 Å². The molecule has 2 aromatic carbocycles. The molecule has 0 heterocycles. The van der Waals surface area contributed by atoms with Crippen LogP contribution >= 0.6 is 27.5 Å². The summed E-state index contributed by atoms with van der Waals surface area (Å²) in [5.74, 6) is -2.79. The molecule has 4 nitrogen and oxygen atoms in total. The third kappa shape index (κ3) is 3.59. The number of hydrogen-bond donors (Lipinski definition) is 2. The standard InChI is InChI=1S/C14H8BrClFNO3/c15-11-4-1-7(16)5-10(11)13(19)18-8-2-3-9(14(20)21)12(17)6-8/h1-6H,(H,18,19)(H,20,21). The van der Waals surface area contributed by atoms with Gasteiger partial charge >= 0.3 is 5.97 Å². The molecule has 0 aliphatic carbocycles. The number of rotatable bonds is 3. The van der Waals surface area contributed by atoms with Crippen LogP contribution in [0.2, 0.25) is 5.02 Å². The van der Waals surface area contributed by atoms with Gasteiger partial charge in [-0.05, 0) is 52.3 Å². The first-order valence-electron chi connectivity index (χ1n) is 5.67. The molecule has 21 heavy (non-hydrogen) atoms. The van der Waals surface area contributed by atoms with E-state index in [9.17, 15) is 14.0 Å². The van der Waals surface area contributed by atoms with Gasteiger partial charge in [-0.3, -0.25) is 4.79 Å². The van der Waals surface area contributed by atoms with Gasteiger partial charge in [-0.1, -0.05) is 11.6 Å². The summed E-state index contributed by atoms with van der Waals surface area (Å²) in [5, 5.41) is 11.6. The van der Waals surface area contributed by atoms with Crippen LogP contribution in [0.3, 0.4) is 0 Å². The van der Waals surface area contributed by atoms with Crippen molar-refractivity contribution in [2.45, 2.75) is 0 Å². The zero-order valence-electron chi connectivity index (χ0n) is 10.4. The van der Waals surface area contributed by atoms with Gasteiger partial charge in [0.25, 0.3) is 5.91 Å². The summed E-state index contributed by atoms with van der Waals surface area (Å²) in [6.07, 6.45) is 0. The Morgan fingerprint density at radius 2 is 1.86 bits per heavy atom. The molecule has 2 N–H and O–H groups in total. The Labute approximate surface area is 132 Å². The van der Waals surface area contributed by atoms with Crippen LogP contribution in [-0.4, -0.2) is 17.0 Å². The summed E-state index contributed by atoms with van der Waals surface area (Å²) in [6.45, 7) is 0. The topological polar surface area (TPSA) is 66.4 Å². The van der Waals surface area contributed by atoms with Crippen LogP contribution in [0.4, 0.5) is 10.1 Å². The van der Waals surface area contributed by atoms with E-state index in [1.54, 1.807) is 12.1 Å². The quantitative estimate of drug-likeness (QED) is 0.849. The Bertz CT molecular complexity index is 736. The molecular formula is C14H8BrClFNO3. The molecule has 1 amide bonds. The van der Waals surface area contributed by atoms with Crippen molar-refractivity contribution in [2.24, 2.45) is 0 Å². The van der Waals surface area contributed by atoms with E-state index in [4.69, 9.17) is 16.7 Å². The summed E-state index contributed by atoms with van der Waals surface area (Å²) in [5.41, 5.74) is -0.0310. The monoisotopic (exact) mass is 371 g/mol. The average molecular weight is 373 g/mol. The fourth-order valence-corrected chi connectivity index (χ4v) is 2.24. The minimum absolute atomic E-state index is 0.148. The van der Waals surface area contributed by atoms with Gasteiger partial charge < -0.3 is 10.4 Å². The number of halogens is 3. The van der Waals surface area contributed by atoms with Gasteiger partial charge in [0, 0.05) is 15.2 Å². The second-order valence-corrected chi connectivity index (χ2v) is 5.37. The third-order valence-electron chi connectivity index (χ3n) is 2.63. The maximum Gasteiger partial charge on any atom is 0.338 e. The van der Waals surface area contributed by atoms with Crippen molar-refractivity contribution in [3.63, 3.8) is 0 Å². The van der Waals surface area contributed by atoms with Crippen LogP contribution in [0.25, 0.3) is 0 Å². The SMILES string of the molecule is O=C(O)c1ccc(NC(=O)c2cc(Cl)ccc2Br)cc1F. The Kier molecular flexibility index (Phi) is 4.59. The molecule has 108 valence electrons. The fourth-order valence-electron chi connectivity index (χ4n) is 1.64. The Morgan fingerprint density at radius 3 is 2.48 bits per heavy atom. The van der Waals surface area contributed by atoms with Crippen molar-refractivity contribution in [1.82, 2.24) is 0 Å². The van der Waals surface area contributed by atoms with E-state index in [0.717, 1.165) is 12.1 Å². The van der Waals surface area contributed by atoms with Gasteiger partial charge in [0.1, 0.15) is 5.82 Å². The first-order chi connectivity index (χ1) is 9.88. The number of benzene rings is 2. The van der Waals surface area contributed by atoms with Crippen LogP contribution in [0.5, 0.6) is 0 Å². The smallest absolute Gasteiger partial charge is 0.338 e. The second kappa shape index (κ2) is 6.24. The van der Waals surface area contributed by atoms with Crippen molar-refractivity contribution in [1.29, 1.82) is 0 Å². The van der Waals surface area contributed by atoms with Crippen LogP contribution in [-0.2, 0) is 0 Å². The lowest BCUT2D eigenvalue weighted by Gasteiger charge is -2.08. The number of carboxylic acids is 1. The summed E-state index contributed by atoms with van der Waals surface area (Å²) in [4.78, 5) is 22.8. The predicted octanol–water partition coefficient (Wildman–Crippen LogP) is 4.19. The second-order valence-electron chi connectivity index (χ2n) is 4.08. The number of hydrogen-bond acceptors (Lipinski definition) is 2. The summed E-state index contributed by atoms with van der Waals surface area (Å²) in [6, 6.07) is 8.03. The van der Waals surface area contributed by atoms with Gasteiger partial charge in [0.05, 0.1) is 11.1 Å². The zero-order chi connectivity index (χ0) is 15.6. The van der Waals surface area contributed by atoms with Crippen LogP contribution in [0, 0.1) is 5.82 Å². The normalized spacial score (nSPS) is 10.2. The minimum Gasteiger partial charge on any atom is -0.478 e. The molecule has 0 saturated heterocycles. The van der Waals surface area contributed by atoms with E-state index in [0.29, 0.717) is 9.50 Å². The summed E-state index contributed by atoms with van der Waals surface area (Å²) >= 11 is 9.04. The number of carbonyl (C=O) groups excluding carboxylic acids is 1. The fraction of sp³-hybridized carbons (Fsp3) is 0. The van der Waals surface area contributed by atoms with Gasteiger partial charge in [-0.15, -0.1) is 0 Å². The molecule has 0 saturated carbocycles. The van der Waals surface area contributed by atoms with Gasteiger partial charge in [-0.2, -0.15) is 0 Å². The first-order valence-corrected chi connectivity index (χ1v) is 6.85. The molecular weight excluding hydrogens is 365 g/mol. The molecule has 0 aliphatic rings. The molecule has 2 aromatic rings. The van der Waals surface area contributed by atoms with Crippen molar-refractivity contribution in [2.75, 3.05) is 5.32 Å². The molecule has 2 rings (SSSR count). The summed E-state index contributed by atoms with van der Waals surface area (Å²) < 4.78 is 14.1. The number of anilines is 1. The maximum atomic E-state index is 13.5. The van der Waals surface area contributed by atoms with Crippen LogP contribution in [0.1, 0.15) is 20.7 Å². The Hall–Kier alpha value is -1.92. The highest BCUT2D eigenvalue weighted by Crippen LogP contribution is 2.23. The highest BCUT2D eigenvalue weighted by atomic mass is 79.9. The van der Waals surface area contributed by atoms with Crippen LogP contribution in [0.15, 0.2) is 40.9 Å². The van der Waals surface area contributed by atoms with Crippen LogP contribution < -0.4 is 5.32 Å². The van der Waals surface area contributed by atoms with Crippen molar-refractivity contribution < 1.29 is 19.1 Å². The van der Waals surface area contributed by atoms with Gasteiger partial charge in [-0.25, -0.2) is 9.18 Å². The average Bonchev–Trinajstić information content (AvgIpc) is 2.41. The number of aromatic carboxylic acids is 1. The third-order valence-corrected chi connectivity index (χ3v) is 3.56. The van der Waals surface area contributed by atoms with Crippen molar-refractivity contribution >= 4 is 45.1 Å². The number of carbonyl (C=O) groups is 2. The van der Waals surface area contributed by atoms with E-state index in [2.05, 4.69) is 21.2 Å².